The van der Waals surface area contributed by atoms with E-state index in [0.29, 0.717) is 10.8 Å². The van der Waals surface area contributed by atoms with Gasteiger partial charge in [-0.25, -0.2) is 4.98 Å². The summed E-state index contributed by atoms with van der Waals surface area (Å²) in [6.45, 7) is 13.6. The molecule has 2 aromatic rings. The highest BCUT2D eigenvalue weighted by atomic mass is 32.1. The first-order chi connectivity index (χ1) is 18.3. The Morgan fingerprint density at radius 3 is 2.61 bits per heavy atom. The van der Waals surface area contributed by atoms with Crippen LogP contribution < -0.4 is 5.32 Å². The van der Waals surface area contributed by atoms with Crippen molar-refractivity contribution in [2.24, 2.45) is 46.3 Å². The van der Waals surface area contributed by atoms with Gasteiger partial charge in [0.15, 0.2) is 5.13 Å². The number of hydrogen-bond acceptors (Lipinski definition) is 3. The third kappa shape index (κ3) is 4.59. The third-order valence-corrected chi connectivity index (χ3v) is 12.9. The maximum Gasteiger partial charge on any atom is 0.183 e. The molecule has 0 spiro atoms. The van der Waals surface area contributed by atoms with Gasteiger partial charge in [0.25, 0.3) is 0 Å². The van der Waals surface area contributed by atoms with Crippen LogP contribution >= 0.6 is 11.3 Å². The van der Waals surface area contributed by atoms with E-state index in [-0.39, 0.29) is 0 Å². The molecule has 7 atom stereocenters. The summed E-state index contributed by atoms with van der Waals surface area (Å²) in [6, 6.07) is 10.7. The van der Waals surface area contributed by atoms with Crippen LogP contribution in [0, 0.1) is 46.3 Å². The minimum absolute atomic E-state index is 0.335. The van der Waals surface area contributed by atoms with Crippen LogP contribution in [0.5, 0.6) is 0 Å². The monoisotopic (exact) mass is 530 g/mol. The summed E-state index contributed by atoms with van der Waals surface area (Å²) in [5.74, 6) is 5.35. The van der Waals surface area contributed by atoms with Crippen LogP contribution in [-0.4, -0.2) is 4.98 Å². The molecule has 2 saturated carbocycles. The van der Waals surface area contributed by atoms with Gasteiger partial charge >= 0.3 is 0 Å². The number of benzene rings is 1. The zero-order valence-corrected chi connectivity index (χ0v) is 25.4. The third-order valence-electron chi connectivity index (χ3n) is 11.8. The van der Waals surface area contributed by atoms with Gasteiger partial charge in [0, 0.05) is 6.54 Å². The van der Waals surface area contributed by atoms with Crippen molar-refractivity contribution in [3.05, 3.63) is 52.5 Å². The number of fused-ring (bicyclic) bond motifs is 7. The normalized spacial score (nSPS) is 34.6. The van der Waals surface area contributed by atoms with Crippen LogP contribution in [0.25, 0.3) is 5.57 Å². The van der Waals surface area contributed by atoms with Crippen molar-refractivity contribution >= 4 is 22.0 Å². The Hall–Kier alpha value is -1.61. The molecule has 4 aliphatic rings. The number of aromatic nitrogens is 1. The number of hydrogen-bond donors (Lipinski definition) is 1. The maximum atomic E-state index is 5.09. The number of thiazole rings is 1. The fourth-order valence-corrected chi connectivity index (χ4v) is 10.9. The van der Waals surface area contributed by atoms with Crippen molar-refractivity contribution in [1.29, 1.82) is 0 Å². The molecule has 0 radical (unpaired) electrons. The molecular formula is C35H50N2S. The van der Waals surface area contributed by atoms with Gasteiger partial charge in [0.05, 0.1) is 10.6 Å². The Morgan fingerprint density at radius 2 is 1.82 bits per heavy atom. The Labute approximate surface area is 236 Å². The van der Waals surface area contributed by atoms with E-state index in [1.807, 2.05) is 11.3 Å². The summed E-state index contributed by atoms with van der Waals surface area (Å²) in [5, 5.41) is 4.74. The lowest BCUT2D eigenvalue weighted by molar-refractivity contribution is -0.0392. The molecule has 6 rings (SSSR count). The number of allylic oxidation sites excluding steroid dienone is 2. The molecule has 2 nitrogen and oxygen atoms in total. The average Bonchev–Trinajstić information content (AvgIpc) is 3.48. The van der Waals surface area contributed by atoms with Crippen LogP contribution in [0.15, 0.2) is 36.4 Å². The molecular weight excluding hydrogens is 480 g/mol. The Kier molecular flexibility index (Phi) is 7.29. The van der Waals surface area contributed by atoms with E-state index < -0.39 is 0 Å². The van der Waals surface area contributed by atoms with E-state index in [0.717, 1.165) is 53.6 Å². The summed E-state index contributed by atoms with van der Waals surface area (Å²) in [4.78, 5) is 6.59. The summed E-state index contributed by atoms with van der Waals surface area (Å²) >= 11 is 1.92. The highest BCUT2D eigenvalue weighted by Crippen LogP contribution is 2.68. The number of rotatable bonds is 8. The first kappa shape index (κ1) is 26.6. The fourth-order valence-electron chi connectivity index (χ4n) is 9.75. The summed E-state index contributed by atoms with van der Waals surface area (Å²) in [7, 11) is 0. The van der Waals surface area contributed by atoms with Crippen molar-refractivity contribution in [2.75, 3.05) is 5.32 Å². The lowest BCUT2D eigenvalue weighted by Gasteiger charge is -2.57. The molecule has 0 saturated heterocycles. The molecule has 1 heterocycles. The van der Waals surface area contributed by atoms with E-state index in [2.05, 4.69) is 76.3 Å². The topological polar surface area (TPSA) is 24.9 Å². The van der Waals surface area contributed by atoms with Gasteiger partial charge < -0.3 is 5.32 Å². The molecule has 38 heavy (non-hydrogen) atoms. The first-order valence-electron chi connectivity index (χ1n) is 15.8. The average molecular weight is 531 g/mol. The molecule has 2 fully saturated rings. The van der Waals surface area contributed by atoms with E-state index >= 15 is 0 Å². The first-order valence-corrected chi connectivity index (χ1v) is 16.6. The number of aryl methyl sites for hydroxylation is 1. The summed E-state index contributed by atoms with van der Waals surface area (Å²) < 4.78 is 0. The molecule has 0 amide bonds. The Balaban J connectivity index is 1.19. The van der Waals surface area contributed by atoms with Gasteiger partial charge in [-0.1, -0.05) is 102 Å². The van der Waals surface area contributed by atoms with Crippen LogP contribution in [0.3, 0.4) is 0 Å². The van der Waals surface area contributed by atoms with Gasteiger partial charge in [0.2, 0.25) is 0 Å². The zero-order valence-electron chi connectivity index (χ0n) is 24.6. The van der Waals surface area contributed by atoms with Gasteiger partial charge in [-0.05, 0) is 102 Å². The molecule has 206 valence electrons. The van der Waals surface area contributed by atoms with Crippen molar-refractivity contribution in [3.8, 4) is 0 Å². The summed E-state index contributed by atoms with van der Waals surface area (Å²) in [6.07, 6.45) is 16.6. The second-order valence-corrected chi connectivity index (χ2v) is 15.3. The van der Waals surface area contributed by atoms with E-state index in [9.17, 15) is 0 Å². The fraction of sp³-hybridized carbons (Fsp3) is 0.686. The highest BCUT2D eigenvalue weighted by molar-refractivity contribution is 7.16. The standard InChI is InChI=1S/C35H50N2S/c1-23(2)10-9-11-24(3)27-16-17-28-26-14-15-30-32-31(19-21-35(30,5)29(26)18-20-34(27,28)4)37-33(38-32)36-22-25-12-7-6-8-13-25/h6-8,12-13,15,23-24,26-29H,9-11,14,16-22H2,1-5H3,(H,36,37). The van der Waals surface area contributed by atoms with Gasteiger partial charge in [-0.15, -0.1) is 0 Å². The Morgan fingerprint density at radius 1 is 1.00 bits per heavy atom. The molecule has 4 aliphatic carbocycles. The van der Waals surface area contributed by atoms with Crippen molar-refractivity contribution in [1.82, 2.24) is 4.98 Å². The molecule has 1 aromatic carbocycles. The Bertz CT molecular complexity index is 1150. The minimum atomic E-state index is 0.335. The lowest BCUT2D eigenvalue weighted by Crippen LogP contribution is -2.49. The SMILES string of the molecule is CC(C)CCCC(C)C1CCC2C3CC=C4c5sc(NCc6ccccc6)nc5CCC4(C)C3CCC12C. The van der Waals surface area contributed by atoms with Gasteiger partial charge in [0.1, 0.15) is 0 Å². The van der Waals surface area contributed by atoms with Crippen molar-refractivity contribution in [2.45, 2.75) is 105 Å². The van der Waals surface area contributed by atoms with Crippen molar-refractivity contribution in [3.63, 3.8) is 0 Å². The number of nitrogens with one attached hydrogen (secondary N) is 1. The molecule has 7 unspecified atom stereocenters. The van der Waals surface area contributed by atoms with Crippen LogP contribution in [0.1, 0.15) is 109 Å². The predicted molar refractivity (Wildman–Crippen MR) is 163 cm³/mol. The predicted octanol–water partition coefficient (Wildman–Crippen LogP) is 10.0. The molecule has 3 heteroatoms. The second kappa shape index (κ2) is 10.4. The van der Waals surface area contributed by atoms with E-state index in [4.69, 9.17) is 4.98 Å². The molecule has 0 aliphatic heterocycles. The van der Waals surface area contributed by atoms with Gasteiger partial charge in [-0.3, -0.25) is 0 Å². The van der Waals surface area contributed by atoms with E-state index in [1.54, 1.807) is 5.57 Å². The molecule has 1 N–H and O–H groups in total. The van der Waals surface area contributed by atoms with Crippen LogP contribution in [0.2, 0.25) is 0 Å². The molecule has 1 aromatic heterocycles. The largest absolute Gasteiger partial charge is 0.357 e. The zero-order chi connectivity index (χ0) is 26.5. The number of nitrogens with zero attached hydrogens (tertiary/aromatic N) is 1. The quantitative estimate of drug-likeness (QED) is 0.367. The smallest absolute Gasteiger partial charge is 0.183 e. The number of anilines is 1. The van der Waals surface area contributed by atoms with E-state index in [1.165, 1.54) is 73.9 Å². The maximum absolute atomic E-state index is 5.09. The van der Waals surface area contributed by atoms with Crippen molar-refractivity contribution < 1.29 is 0 Å². The van der Waals surface area contributed by atoms with Gasteiger partial charge in [-0.2, -0.15) is 0 Å². The minimum Gasteiger partial charge on any atom is -0.357 e. The summed E-state index contributed by atoms with van der Waals surface area (Å²) in [5.41, 5.74) is 5.23. The second-order valence-electron chi connectivity index (χ2n) is 14.3. The van der Waals surface area contributed by atoms with Crippen LogP contribution in [0.4, 0.5) is 5.13 Å². The molecule has 0 bridgehead atoms. The highest BCUT2D eigenvalue weighted by Gasteiger charge is 2.59. The lowest BCUT2D eigenvalue weighted by atomic mass is 9.47. The van der Waals surface area contributed by atoms with Crippen LogP contribution in [-0.2, 0) is 13.0 Å².